The van der Waals surface area contributed by atoms with Crippen LogP contribution in [0.15, 0.2) is 62.7 Å². The van der Waals surface area contributed by atoms with Gasteiger partial charge in [-0.3, -0.25) is 4.79 Å². The average Bonchev–Trinajstić information content (AvgIpc) is 3.16. The van der Waals surface area contributed by atoms with E-state index < -0.39 is 0 Å². The van der Waals surface area contributed by atoms with E-state index in [0.717, 1.165) is 15.6 Å². The van der Waals surface area contributed by atoms with Crippen LogP contribution in [0.4, 0.5) is 0 Å². The second kappa shape index (κ2) is 6.74. The monoisotopic (exact) mass is 429 g/mol. The summed E-state index contributed by atoms with van der Waals surface area (Å²) in [7, 11) is 0. The molecule has 25 heavy (non-hydrogen) atoms. The summed E-state index contributed by atoms with van der Waals surface area (Å²) in [5, 5.41) is 4.38. The van der Waals surface area contributed by atoms with Crippen molar-refractivity contribution in [1.29, 1.82) is 0 Å². The van der Waals surface area contributed by atoms with Crippen LogP contribution in [-0.2, 0) is 0 Å². The Morgan fingerprint density at radius 1 is 1.16 bits per heavy atom. The highest BCUT2D eigenvalue weighted by atomic mass is 79.9. The number of hydrogen-bond donors (Lipinski definition) is 0. The van der Waals surface area contributed by atoms with E-state index in [9.17, 15) is 4.79 Å². The largest absolute Gasteiger partial charge is 0.291 e. The van der Waals surface area contributed by atoms with Crippen LogP contribution in [0.1, 0.15) is 5.56 Å². The molecule has 124 valence electrons. The first-order valence-corrected chi connectivity index (χ1v) is 10.3. The maximum absolute atomic E-state index is 12.6. The summed E-state index contributed by atoms with van der Waals surface area (Å²) >= 11 is 6.54. The molecule has 0 atom stereocenters. The maximum Gasteiger partial charge on any atom is 0.291 e. The Kier molecular flexibility index (Phi) is 4.45. The molecule has 0 bridgehead atoms. The van der Waals surface area contributed by atoms with Gasteiger partial charge in [0.05, 0.1) is 4.53 Å². The molecule has 0 N–H and O–H groups in total. The molecule has 0 spiro atoms. The highest BCUT2D eigenvalue weighted by molar-refractivity contribution is 9.10. The molecule has 0 aliphatic rings. The maximum atomic E-state index is 12.6. The van der Waals surface area contributed by atoms with Crippen molar-refractivity contribution < 1.29 is 0 Å². The van der Waals surface area contributed by atoms with E-state index in [1.54, 1.807) is 11.8 Å². The van der Waals surface area contributed by atoms with Crippen LogP contribution in [0.2, 0.25) is 0 Å². The first-order valence-electron chi connectivity index (χ1n) is 7.46. The average molecular weight is 430 g/mol. The molecule has 2 aromatic carbocycles. The zero-order chi connectivity index (χ0) is 17.4. The van der Waals surface area contributed by atoms with Crippen LogP contribution < -0.4 is 10.1 Å². The van der Waals surface area contributed by atoms with Gasteiger partial charge in [0.1, 0.15) is 0 Å². The Morgan fingerprint density at radius 3 is 2.60 bits per heavy atom. The summed E-state index contributed by atoms with van der Waals surface area (Å²) in [4.78, 5) is 18.9. The van der Waals surface area contributed by atoms with Gasteiger partial charge in [-0.25, -0.2) is 0 Å². The minimum Gasteiger partial charge on any atom is -0.266 e. The fourth-order valence-corrected chi connectivity index (χ4v) is 4.22. The second-order valence-electron chi connectivity index (χ2n) is 5.30. The summed E-state index contributed by atoms with van der Waals surface area (Å²) in [6.07, 6.45) is 3.92. The lowest BCUT2D eigenvalue weighted by Crippen LogP contribution is -2.23. The quantitative estimate of drug-likeness (QED) is 0.464. The van der Waals surface area contributed by atoms with Gasteiger partial charge in [-0.1, -0.05) is 51.5 Å². The van der Waals surface area contributed by atoms with E-state index in [2.05, 4.69) is 26.0 Å². The minimum atomic E-state index is -0.139. The molecular formula is C18H12BrN3OS2. The van der Waals surface area contributed by atoms with Crippen molar-refractivity contribution in [3.63, 3.8) is 0 Å². The summed E-state index contributed by atoms with van der Waals surface area (Å²) < 4.78 is 2.91. The van der Waals surface area contributed by atoms with Crippen molar-refractivity contribution in [2.24, 2.45) is 0 Å². The van der Waals surface area contributed by atoms with Gasteiger partial charge in [0.2, 0.25) is 4.96 Å². The van der Waals surface area contributed by atoms with Crippen molar-refractivity contribution >= 4 is 50.1 Å². The third-order valence-corrected chi connectivity index (χ3v) is 6.10. The lowest BCUT2D eigenvalue weighted by molar-refractivity contribution is 0.936. The van der Waals surface area contributed by atoms with E-state index in [4.69, 9.17) is 0 Å². The third kappa shape index (κ3) is 3.15. The Balaban J connectivity index is 1.79. The molecule has 4 rings (SSSR count). The molecule has 2 heterocycles. The number of aromatic nitrogens is 3. The molecule has 7 heteroatoms. The number of nitrogens with zero attached hydrogens (tertiary/aromatic N) is 3. The predicted octanol–water partition coefficient (Wildman–Crippen LogP) is 3.85. The van der Waals surface area contributed by atoms with Crippen molar-refractivity contribution in [3.05, 3.63) is 73.5 Å². The van der Waals surface area contributed by atoms with Crippen LogP contribution in [-0.4, -0.2) is 20.9 Å². The normalized spacial score (nSPS) is 12.2. The van der Waals surface area contributed by atoms with E-state index in [1.807, 2.05) is 60.9 Å². The fraction of sp³-hybridized carbons (Fsp3) is 0.0556. The van der Waals surface area contributed by atoms with Gasteiger partial charge in [0, 0.05) is 14.9 Å². The van der Waals surface area contributed by atoms with Crippen molar-refractivity contribution in [1.82, 2.24) is 14.6 Å². The van der Waals surface area contributed by atoms with Gasteiger partial charge in [-0.05, 0) is 42.2 Å². The number of halogens is 1. The lowest BCUT2D eigenvalue weighted by atomic mass is 10.2. The number of benzene rings is 2. The molecule has 0 amide bonds. The van der Waals surface area contributed by atoms with Gasteiger partial charge in [0.25, 0.3) is 5.56 Å². The Bertz CT molecular complexity index is 1170. The second-order valence-corrected chi connectivity index (χ2v) is 8.04. The lowest BCUT2D eigenvalue weighted by Gasteiger charge is -1.97. The Hall–Kier alpha value is -1.96. The number of fused-ring (bicyclic) bond motifs is 1. The zero-order valence-corrected chi connectivity index (χ0v) is 16.4. The van der Waals surface area contributed by atoms with Crippen LogP contribution in [0.25, 0.3) is 22.4 Å². The fourth-order valence-electron chi connectivity index (χ4n) is 2.44. The number of hydrogen-bond acceptors (Lipinski definition) is 5. The number of thiazole rings is 1. The van der Waals surface area contributed by atoms with Crippen molar-refractivity contribution in [3.8, 4) is 11.4 Å². The van der Waals surface area contributed by atoms with E-state index in [0.29, 0.717) is 15.3 Å². The Morgan fingerprint density at radius 2 is 1.92 bits per heavy atom. The first-order chi connectivity index (χ1) is 12.2. The van der Waals surface area contributed by atoms with Crippen molar-refractivity contribution in [2.45, 2.75) is 4.90 Å². The van der Waals surface area contributed by atoms with Crippen LogP contribution in [0, 0.1) is 0 Å². The summed E-state index contributed by atoms with van der Waals surface area (Å²) in [5.74, 6) is 0.548. The van der Waals surface area contributed by atoms with E-state index in [1.165, 1.54) is 20.7 Å². The van der Waals surface area contributed by atoms with Gasteiger partial charge in [-0.15, -0.1) is 16.9 Å². The van der Waals surface area contributed by atoms with E-state index in [-0.39, 0.29) is 5.56 Å². The molecule has 4 aromatic rings. The summed E-state index contributed by atoms with van der Waals surface area (Å²) in [6, 6.07) is 15.8. The molecule has 0 aliphatic heterocycles. The molecule has 0 saturated heterocycles. The zero-order valence-electron chi connectivity index (χ0n) is 13.1. The number of thioether (sulfide) groups is 1. The predicted molar refractivity (Wildman–Crippen MR) is 107 cm³/mol. The minimum absolute atomic E-state index is 0.139. The van der Waals surface area contributed by atoms with Gasteiger partial charge in [0.15, 0.2) is 5.82 Å². The van der Waals surface area contributed by atoms with Gasteiger partial charge < -0.3 is 0 Å². The van der Waals surface area contributed by atoms with Crippen molar-refractivity contribution in [2.75, 3.05) is 6.26 Å². The third-order valence-electron chi connectivity index (χ3n) is 3.71. The molecule has 4 nitrogen and oxygen atoms in total. The summed E-state index contributed by atoms with van der Waals surface area (Å²) in [6.45, 7) is 0. The molecular weight excluding hydrogens is 418 g/mol. The first kappa shape index (κ1) is 16.5. The highest BCUT2D eigenvalue weighted by Gasteiger charge is 2.13. The Labute approximate surface area is 160 Å². The summed E-state index contributed by atoms with van der Waals surface area (Å²) in [5.41, 5.74) is 1.72. The van der Waals surface area contributed by atoms with E-state index >= 15 is 0 Å². The molecule has 0 radical (unpaired) electrons. The standard InChI is InChI=1S/C18H12BrN3OS2/c1-24-12-8-6-11(7-9-12)10-15-17(23)22-18(25-15)20-16(21-22)13-4-2-3-5-14(13)19/h2-10H,1H3/b15-10+. The topological polar surface area (TPSA) is 47.3 Å². The molecule has 0 saturated carbocycles. The molecule has 0 aliphatic carbocycles. The van der Waals surface area contributed by atoms with Crippen LogP contribution >= 0.6 is 39.0 Å². The van der Waals surface area contributed by atoms with Gasteiger partial charge >= 0.3 is 0 Å². The highest BCUT2D eigenvalue weighted by Crippen LogP contribution is 2.25. The van der Waals surface area contributed by atoms with Crippen LogP contribution in [0.3, 0.4) is 0 Å². The number of rotatable bonds is 3. The molecule has 0 fully saturated rings. The molecule has 2 aromatic heterocycles. The smallest absolute Gasteiger partial charge is 0.266 e. The SMILES string of the molecule is CSc1ccc(/C=c2/sc3nc(-c4ccccc4Br)nn3c2=O)cc1. The van der Waals surface area contributed by atoms with Crippen LogP contribution in [0.5, 0.6) is 0 Å². The molecule has 0 unspecified atom stereocenters. The van der Waals surface area contributed by atoms with Gasteiger partial charge in [-0.2, -0.15) is 9.50 Å².